The van der Waals surface area contributed by atoms with E-state index in [-0.39, 0.29) is 11.9 Å². The maximum Gasteiger partial charge on any atom is 0.220 e. The quantitative estimate of drug-likeness (QED) is 0.428. The molecule has 1 aliphatic rings. The van der Waals surface area contributed by atoms with E-state index in [4.69, 9.17) is 16.6 Å². The van der Waals surface area contributed by atoms with Crippen LogP contribution in [0.5, 0.6) is 0 Å². The molecule has 31 heavy (non-hydrogen) atoms. The van der Waals surface area contributed by atoms with Gasteiger partial charge in [-0.3, -0.25) is 4.79 Å². The van der Waals surface area contributed by atoms with Crippen molar-refractivity contribution in [2.75, 3.05) is 0 Å². The fourth-order valence-corrected chi connectivity index (χ4v) is 4.85. The van der Waals surface area contributed by atoms with Crippen LogP contribution in [0, 0.1) is 5.92 Å². The molecule has 1 aliphatic carbocycles. The van der Waals surface area contributed by atoms with Crippen molar-refractivity contribution >= 4 is 28.5 Å². The molecule has 4 nitrogen and oxygen atoms in total. The van der Waals surface area contributed by atoms with Gasteiger partial charge < -0.3 is 9.88 Å². The van der Waals surface area contributed by atoms with Gasteiger partial charge in [-0.2, -0.15) is 0 Å². The molecule has 0 saturated heterocycles. The van der Waals surface area contributed by atoms with E-state index in [1.54, 1.807) is 0 Å². The number of nitrogens with one attached hydrogen (secondary N) is 1. The average molecular weight is 438 g/mol. The van der Waals surface area contributed by atoms with Crippen LogP contribution < -0.4 is 5.32 Å². The molecular formula is C26H32ClN3O. The topological polar surface area (TPSA) is 46.9 Å². The minimum Gasteiger partial charge on any atom is -0.346 e. The van der Waals surface area contributed by atoms with Gasteiger partial charge in [0.05, 0.1) is 17.1 Å². The lowest BCUT2D eigenvalue weighted by atomic mass is 9.86. The molecule has 0 bridgehead atoms. The number of carbonyl (C=O) groups is 1. The average Bonchev–Trinajstić information content (AvgIpc) is 3.16. The normalized spacial score (nSPS) is 15.8. The smallest absolute Gasteiger partial charge is 0.220 e. The molecule has 1 unspecified atom stereocenters. The number of nitrogens with zero attached hydrogens (tertiary/aromatic N) is 2. The van der Waals surface area contributed by atoms with E-state index < -0.39 is 0 Å². The van der Waals surface area contributed by atoms with Crippen LogP contribution in [0.15, 0.2) is 48.5 Å². The van der Waals surface area contributed by atoms with Crippen molar-refractivity contribution in [3.63, 3.8) is 0 Å². The Hall–Kier alpha value is -2.33. The Kier molecular flexibility index (Phi) is 7.29. The van der Waals surface area contributed by atoms with Crippen LogP contribution in [0.2, 0.25) is 5.02 Å². The Morgan fingerprint density at radius 1 is 1.13 bits per heavy atom. The number of carbonyl (C=O) groups excluding carboxylic acids is 1. The third-order valence-corrected chi connectivity index (χ3v) is 6.75. The summed E-state index contributed by atoms with van der Waals surface area (Å²) in [7, 11) is 0. The zero-order valence-corrected chi connectivity index (χ0v) is 19.1. The van der Waals surface area contributed by atoms with Crippen LogP contribution in [0.25, 0.3) is 11.0 Å². The summed E-state index contributed by atoms with van der Waals surface area (Å²) in [6, 6.07) is 16.0. The van der Waals surface area contributed by atoms with Crippen LogP contribution in [-0.2, 0) is 11.3 Å². The number of aromatic nitrogens is 2. The molecule has 0 spiro atoms. The number of imidazole rings is 1. The molecule has 1 heterocycles. The van der Waals surface area contributed by atoms with Crippen molar-refractivity contribution in [2.24, 2.45) is 5.92 Å². The highest BCUT2D eigenvalue weighted by atomic mass is 35.5. The van der Waals surface area contributed by atoms with Gasteiger partial charge in [0.1, 0.15) is 5.82 Å². The molecule has 0 aliphatic heterocycles. The molecule has 3 aromatic rings. The summed E-state index contributed by atoms with van der Waals surface area (Å²) >= 11 is 6.07. The van der Waals surface area contributed by atoms with E-state index in [9.17, 15) is 4.79 Å². The van der Waals surface area contributed by atoms with Crippen LogP contribution >= 0.6 is 11.6 Å². The first-order valence-corrected chi connectivity index (χ1v) is 12.0. The number of amides is 1. The van der Waals surface area contributed by atoms with Gasteiger partial charge in [0, 0.05) is 18.0 Å². The van der Waals surface area contributed by atoms with Gasteiger partial charge in [-0.1, -0.05) is 74.9 Å². The minimum atomic E-state index is -0.0986. The van der Waals surface area contributed by atoms with Crippen LogP contribution in [-0.4, -0.2) is 15.5 Å². The van der Waals surface area contributed by atoms with Crippen molar-refractivity contribution < 1.29 is 4.79 Å². The standard InChI is InChI=1S/C26H32ClN3O/c1-2-22(28-25(31)17-14-19-8-4-3-5-9-19)26-29-23-10-6-7-11-24(23)30(26)18-20-12-15-21(27)16-13-20/h6-7,10-13,15-16,19,22H,2-5,8-9,14,17-18H2,1H3,(H,28,31). The second kappa shape index (κ2) is 10.3. The van der Waals surface area contributed by atoms with Gasteiger partial charge in [0.15, 0.2) is 0 Å². The number of hydrogen-bond acceptors (Lipinski definition) is 2. The summed E-state index contributed by atoms with van der Waals surface area (Å²) < 4.78 is 2.23. The summed E-state index contributed by atoms with van der Waals surface area (Å²) in [6.45, 7) is 2.81. The van der Waals surface area contributed by atoms with Crippen LogP contribution in [0.1, 0.15) is 75.7 Å². The Balaban J connectivity index is 1.52. The number of fused-ring (bicyclic) bond motifs is 1. The maximum atomic E-state index is 12.8. The lowest BCUT2D eigenvalue weighted by Crippen LogP contribution is -2.30. The summed E-state index contributed by atoms with van der Waals surface area (Å²) in [4.78, 5) is 17.7. The highest BCUT2D eigenvalue weighted by molar-refractivity contribution is 6.30. The molecule has 1 aromatic heterocycles. The first-order valence-electron chi connectivity index (χ1n) is 11.6. The molecular weight excluding hydrogens is 406 g/mol. The van der Waals surface area contributed by atoms with Crippen molar-refractivity contribution in [1.82, 2.24) is 14.9 Å². The molecule has 1 fully saturated rings. The van der Waals surface area contributed by atoms with E-state index in [0.29, 0.717) is 18.9 Å². The van der Waals surface area contributed by atoms with E-state index in [1.807, 2.05) is 42.5 Å². The second-order valence-electron chi connectivity index (χ2n) is 8.74. The zero-order valence-electron chi connectivity index (χ0n) is 18.3. The minimum absolute atomic E-state index is 0.0986. The predicted octanol–water partition coefficient (Wildman–Crippen LogP) is 6.67. The van der Waals surface area contributed by atoms with Gasteiger partial charge in [-0.05, 0) is 48.6 Å². The largest absolute Gasteiger partial charge is 0.346 e. The molecule has 1 N–H and O–H groups in total. The summed E-state index contributed by atoms with van der Waals surface area (Å²) in [6.07, 6.45) is 8.96. The molecule has 164 valence electrons. The SMILES string of the molecule is CCC(NC(=O)CCC1CCCCC1)c1nc2ccccc2n1Cc1ccc(Cl)cc1. The third-order valence-electron chi connectivity index (χ3n) is 6.50. The summed E-state index contributed by atoms with van der Waals surface area (Å²) in [5.41, 5.74) is 3.20. The number of rotatable bonds is 8. The fourth-order valence-electron chi connectivity index (χ4n) is 4.73. The fraction of sp³-hybridized carbons (Fsp3) is 0.462. The van der Waals surface area contributed by atoms with Crippen molar-refractivity contribution in [1.29, 1.82) is 0 Å². The molecule has 4 rings (SSSR count). The monoisotopic (exact) mass is 437 g/mol. The molecule has 2 aromatic carbocycles. The number of halogens is 1. The lowest BCUT2D eigenvalue weighted by Gasteiger charge is -2.22. The van der Waals surface area contributed by atoms with E-state index in [1.165, 1.54) is 32.1 Å². The summed E-state index contributed by atoms with van der Waals surface area (Å²) in [5, 5.41) is 4.01. The Labute approximate surface area is 190 Å². The number of hydrogen-bond donors (Lipinski definition) is 1. The van der Waals surface area contributed by atoms with Crippen molar-refractivity contribution in [2.45, 2.75) is 70.9 Å². The van der Waals surface area contributed by atoms with E-state index >= 15 is 0 Å². The molecule has 1 saturated carbocycles. The van der Waals surface area contributed by atoms with E-state index in [0.717, 1.165) is 40.3 Å². The lowest BCUT2D eigenvalue weighted by molar-refractivity contribution is -0.122. The molecule has 5 heteroatoms. The highest BCUT2D eigenvalue weighted by Gasteiger charge is 2.22. The molecule has 0 radical (unpaired) electrons. The molecule has 1 atom stereocenters. The molecule has 1 amide bonds. The van der Waals surface area contributed by atoms with Crippen LogP contribution in [0.4, 0.5) is 0 Å². The Morgan fingerprint density at radius 3 is 2.61 bits per heavy atom. The van der Waals surface area contributed by atoms with Crippen LogP contribution in [0.3, 0.4) is 0 Å². The highest BCUT2D eigenvalue weighted by Crippen LogP contribution is 2.28. The van der Waals surface area contributed by atoms with Gasteiger partial charge in [0.2, 0.25) is 5.91 Å². The summed E-state index contributed by atoms with van der Waals surface area (Å²) in [5.74, 6) is 1.78. The first-order chi connectivity index (χ1) is 15.1. The van der Waals surface area contributed by atoms with Crippen molar-refractivity contribution in [3.8, 4) is 0 Å². The third kappa shape index (κ3) is 5.48. The second-order valence-corrected chi connectivity index (χ2v) is 9.18. The zero-order chi connectivity index (χ0) is 21.6. The van der Waals surface area contributed by atoms with Crippen molar-refractivity contribution in [3.05, 3.63) is 64.9 Å². The first kappa shape index (κ1) is 21.9. The Bertz CT molecular complexity index is 1010. The van der Waals surface area contributed by atoms with Gasteiger partial charge in [0.25, 0.3) is 0 Å². The Morgan fingerprint density at radius 2 is 1.87 bits per heavy atom. The number of para-hydroxylation sites is 2. The maximum absolute atomic E-state index is 12.8. The van der Waals surface area contributed by atoms with Gasteiger partial charge >= 0.3 is 0 Å². The van der Waals surface area contributed by atoms with Gasteiger partial charge in [-0.15, -0.1) is 0 Å². The predicted molar refractivity (Wildman–Crippen MR) is 127 cm³/mol. The van der Waals surface area contributed by atoms with E-state index in [2.05, 4.69) is 22.9 Å². The van der Waals surface area contributed by atoms with Gasteiger partial charge in [-0.25, -0.2) is 4.98 Å². The number of benzene rings is 2.